The van der Waals surface area contributed by atoms with Crippen LogP contribution in [0.3, 0.4) is 0 Å². The molecule has 1 N–H and O–H groups in total. The molecule has 0 aromatic heterocycles. The van der Waals surface area contributed by atoms with Crippen molar-refractivity contribution in [3.05, 3.63) is 48.0 Å². The fraction of sp³-hybridized carbons (Fsp3) is 0.481. The van der Waals surface area contributed by atoms with Gasteiger partial charge < -0.3 is 24.4 Å². The van der Waals surface area contributed by atoms with E-state index >= 15 is 0 Å². The van der Waals surface area contributed by atoms with Gasteiger partial charge >= 0.3 is 0 Å². The number of hydrogen-bond acceptors (Lipinski definition) is 7. The third kappa shape index (κ3) is 7.31. The third-order valence-corrected chi connectivity index (χ3v) is 7.84. The summed E-state index contributed by atoms with van der Waals surface area (Å²) in [6, 6.07) is 11.1. The number of ether oxygens (including phenoxy) is 3. The average molecular weight is 548 g/mol. The van der Waals surface area contributed by atoms with E-state index in [1.807, 2.05) is 0 Å². The highest BCUT2D eigenvalue weighted by atomic mass is 32.2. The predicted octanol–water partition coefficient (Wildman–Crippen LogP) is 2.95. The van der Waals surface area contributed by atoms with E-state index in [4.69, 9.17) is 14.2 Å². The van der Waals surface area contributed by atoms with Crippen LogP contribution in [0.15, 0.2) is 42.5 Å². The molecule has 2 aromatic rings. The molecular weight excluding hydrogens is 510 g/mol. The van der Waals surface area contributed by atoms with Crippen molar-refractivity contribution in [3.63, 3.8) is 0 Å². The lowest BCUT2D eigenvalue weighted by Gasteiger charge is -2.32. The Kier molecular flexibility index (Phi) is 9.84. The fourth-order valence-corrected chi connectivity index (χ4v) is 5.33. The molecule has 1 aliphatic rings. The maximum absolute atomic E-state index is 13.8. The molecule has 10 nitrogen and oxygen atoms in total. The lowest BCUT2D eigenvalue weighted by atomic mass is 10.1. The minimum atomic E-state index is -3.92. The van der Waals surface area contributed by atoms with Crippen LogP contribution in [0.4, 0.5) is 5.69 Å². The molecule has 0 radical (unpaired) electrons. The number of rotatable bonds is 12. The Bertz CT molecular complexity index is 1210. The number of nitrogens with zero attached hydrogens (tertiary/aromatic N) is 2. The minimum Gasteiger partial charge on any atom is -0.497 e. The number of methoxy groups -OCH3 is 3. The third-order valence-electron chi connectivity index (χ3n) is 6.71. The maximum atomic E-state index is 13.8. The van der Waals surface area contributed by atoms with Gasteiger partial charge in [0, 0.05) is 18.7 Å². The number of benzene rings is 2. The van der Waals surface area contributed by atoms with Gasteiger partial charge in [0.25, 0.3) is 0 Å². The summed E-state index contributed by atoms with van der Waals surface area (Å²) in [6.45, 7) is 1.23. The van der Waals surface area contributed by atoms with Crippen molar-refractivity contribution in [1.29, 1.82) is 0 Å². The molecule has 0 saturated heterocycles. The molecule has 11 heteroatoms. The quantitative estimate of drug-likeness (QED) is 0.435. The second-order valence-electron chi connectivity index (χ2n) is 9.34. The lowest BCUT2D eigenvalue weighted by molar-refractivity contribution is -0.139. The summed E-state index contributed by atoms with van der Waals surface area (Å²) < 4.78 is 42.6. The molecule has 38 heavy (non-hydrogen) atoms. The van der Waals surface area contributed by atoms with Gasteiger partial charge in [0.15, 0.2) is 0 Å². The highest BCUT2D eigenvalue weighted by Crippen LogP contribution is 2.34. The van der Waals surface area contributed by atoms with Gasteiger partial charge in [0.2, 0.25) is 21.8 Å². The lowest BCUT2D eigenvalue weighted by Crippen LogP contribution is -2.52. The van der Waals surface area contributed by atoms with E-state index in [-0.39, 0.29) is 29.9 Å². The van der Waals surface area contributed by atoms with Crippen molar-refractivity contribution >= 4 is 27.5 Å². The van der Waals surface area contributed by atoms with E-state index in [2.05, 4.69) is 5.32 Å². The first-order chi connectivity index (χ1) is 18.1. The number of carbonyl (C=O) groups excluding carboxylic acids is 2. The number of anilines is 1. The standard InChI is InChI=1S/C27H37N3O7S/c1-19(27(32)28-21-8-6-7-9-21)29(17-20-10-12-22(35-2)13-11-20)26(31)18-30(38(5,33)34)24-16-23(36-3)14-15-25(24)37-4/h10-16,19,21H,6-9,17-18H2,1-5H3,(H,28,32)/t19-/m0/s1. The fourth-order valence-electron chi connectivity index (χ4n) is 4.49. The molecule has 0 spiro atoms. The first kappa shape index (κ1) is 29.1. The largest absolute Gasteiger partial charge is 0.497 e. The molecule has 2 amide bonds. The molecule has 2 aromatic carbocycles. The van der Waals surface area contributed by atoms with Crippen LogP contribution >= 0.6 is 0 Å². The van der Waals surface area contributed by atoms with Crippen LogP contribution in [0.5, 0.6) is 17.2 Å². The van der Waals surface area contributed by atoms with Crippen molar-refractivity contribution < 1.29 is 32.2 Å². The van der Waals surface area contributed by atoms with Crippen molar-refractivity contribution in [2.75, 3.05) is 38.4 Å². The Balaban J connectivity index is 1.94. The summed E-state index contributed by atoms with van der Waals surface area (Å²) >= 11 is 0. The van der Waals surface area contributed by atoms with Crippen LogP contribution in [0.2, 0.25) is 0 Å². The Morgan fingerprint density at radius 3 is 2.13 bits per heavy atom. The monoisotopic (exact) mass is 547 g/mol. The number of carbonyl (C=O) groups is 2. The van der Waals surface area contributed by atoms with E-state index in [0.29, 0.717) is 11.5 Å². The molecule has 1 aliphatic carbocycles. The highest BCUT2D eigenvalue weighted by molar-refractivity contribution is 7.92. The van der Waals surface area contributed by atoms with Gasteiger partial charge in [-0.1, -0.05) is 25.0 Å². The van der Waals surface area contributed by atoms with E-state index in [9.17, 15) is 18.0 Å². The number of hydrogen-bond donors (Lipinski definition) is 1. The summed E-state index contributed by atoms with van der Waals surface area (Å²) in [6.07, 6.45) is 4.94. The normalized spacial score (nSPS) is 14.4. The highest BCUT2D eigenvalue weighted by Gasteiger charge is 2.32. The molecule has 3 rings (SSSR count). The van der Waals surface area contributed by atoms with Crippen LogP contribution in [0, 0.1) is 0 Å². The second kappa shape index (κ2) is 12.9. The summed E-state index contributed by atoms with van der Waals surface area (Å²) in [5.41, 5.74) is 0.930. The van der Waals surface area contributed by atoms with Crippen molar-refractivity contribution in [1.82, 2.24) is 10.2 Å². The SMILES string of the molecule is COc1ccc(CN(C(=O)CN(c2cc(OC)ccc2OC)S(C)(=O)=O)[C@@H](C)C(=O)NC2CCCC2)cc1. The van der Waals surface area contributed by atoms with Crippen molar-refractivity contribution in [3.8, 4) is 17.2 Å². The van der Waals surface area contributed by atoms with Crippen molar-refractivity contribution in [2.24, 2.45) is 0 Å². The number of amides is 2. The summed E-state index contributed by atoms with van der Waals surface area (Å²) in [4.78, 5) is 28.4. The van der Waals surface area contributed by atoms with E-state index in [1.165, 1.54) is 25.2 Å². The number of sulfonamides is 1. The average Bonchev–Trinajstić information content (AvgIpc) is 3.42. The topological polar surface area (TPSA) is 114 Å². The van der Waals surface area contributed by atoms with Crippen LogP contribution in [0.25, 0.3) is 0 Å². The van der Waals surface area contributed by atoms with Gasteiger partial charge in [-0.2, -0.15) is 0 Å². The van der Waals surface area contributed by atoms with Gasteiger partial charge in [-0.25, -0.2) is 8.42 Å². The molecular formula is C27H37N3O7S. The molecule has 0 heterocycles. The molecule has 208 valence electrons. The Morgan fingerprint density at radius 2 is 1.58 bits per heavy atom. The molecule has 1 atom stereocenters. The van der Waals surface area contributed by atoms with Crippen LogP contribution in [-0.2, 0) is 26.2 Å². The Hall–Kier alpha value is -3.47. The molecule has 1 fully saturated rings. The summed E-state index contributed by atoms with van der Waals surface area (Å²) in [5, 5.41) is 3.05. The Morgan fingerprint density at radius 1 is 0.974 bits per heavy atom. The van der Waals surface area contributed by atoms with Gasteiger partial charge in [-0.3, -0.25) is 13.9 Å². The van der Waals surface area contributed by atoms with Gasteiger partial charge in [-0.15, -0.1) is 0 Å². The zero-order valence-corrected chi connectivity index (χ0v) is 23.4. The smallest absolute Gasteiger partial charge is 0.244 e. The molecule has 0 unspecified atom stereocenters. The van der Waals surface area contributed by atoms with Gasteiger partial charge in [0.05, 0.1) is 33.3 Å². The van der Waals surface area contributed by atoms with E-state index in [0.717, 1.165) is 41.8 Å². The first-order valence-corrected chi connectivity index (χ1v) is 14.3. The Labute approximate surface area is 224 Å². The summed E-state index contributed by atoms with van der Waals surface area (Å²) in [5.74, 6) is 0.514. The molecule has 1 saturated carbocycles. The minimum absolute atomic E-state index is 0.0800. The van der Waals surface area contributed by atoms with Crippen molar-refractivity contribution in [2.45, 2.75) is 51.2 Å². The predicted molar refractivity (Wildman–Crippen MR) is 145 cm³/mol. The van der Waals surface area contributed by atoms with E-state index in [1.54, 1.807) is 50.4 Å². The number of nitrogens with one attached hydrogen (secondary N) is 1. The van der Waals surface area contributed by atoms with Crippen LogP contribution < -0.4 is 23.8 Å². The molecule has 0 aliphatic heterocycles. The molecule has 0 bridgehead atoms. The van der Waals surface area contributed by atoms with Crippen LogP contribution in [-0.4, -0.2) is 71.3 Å². The zero-order chi connectivity index (χ0) is 27.9. The van der Waals surface area contributed by atoms with Crippen LogP contribution in [0.1, 0.15) is 38.2 Å². The maximum Gasteiger partial charge on any atom is 0.244 e. The summed E-state index contributed by atoms with van der Waals surface area (Å²) in [7, 11) is 0.522. The van der Waals surface area contributed by atoms with Gasteiger partial charge in [-0.05, 0) is 49.6 Å². The zero-order valence-electron chi connectivity index (χ0n) is 22.6. The first-order valence-electron chi connectivity index (χ1n) is 12.5. The van der Waals surface area contributed by atoms with E-state index < -0.39 is 28.5 Å². The second-order valence-corrected chi connectivity index (χ2v) is 11.2. The van der Waals surface area contributed by atoms with Gasteiger partial charge in [0.1, 0.15) is 29.8 Å².